The lowest BCUT2D eigenvalue weighted by Gasteiger charge is -2.39. The molecule has 0 spiro atoms. The van der Waals surface area contributed by atoms with Crippen molar-refractivity contribution in [2.24, 2.45) is 5.92 Å². The highest BCUT2D eigenvalue weighted by atomic mass is 15.2. The summed E-state index contributed by atoms with van der Waals surface area (Å²) in [4.78, 5) is 2.53. The fourth-order valence-electron chi connectivity index (χ4n) is 2.30. The van der Waals surface area contributed by atoms with Crippen LogP contribution in [0.15, 0.2) is 35.9 Å². The van der Waals surface area contributed by atoms with Gasteiger partial charge in [0.2, 0.25) is 0 Å². The van der Waals surface area contributed by atoms with E-state index in [0.717, 1.165) is 12.5 Å². The van der Waals surface area contributed by atoms with E-state index in [9.17, 15) is 0 Å². The standard InChI is InChI=1S/C15H21N/c1-3-14-11-16(12-14)10-13(2)9-15-7-5-4-6-8-15/h4-9,14H,3,10-12H2,1-2H3/b13-9+. The van der Waals surface area contributed by atoms with Crippen LogP contribution in [0.25, 0.3) is 6.08 Å². The summed E-state index contributed by atoms with van der Waals surface area (Å²) < 4.78 is 0. The Morgan fingerprint density at radius 3 is 2.62 bits per heavy atom. The summed E-state index contributed by atoms with van der Waals surface area (Å²) in [6.45, 7) is 8.22. The van der Waals surface area contributed by atoms with Gasteiger partial charge in [-0.2, -0.15) is 0 Å². The van der Waals surface area contributed by atoms with E-state index in [4.69, 9.17) is 0 Å². The highest BCUT2D eigenvalue weighted by Gasteiger charge is 2.24. The van der Waals surface area contributed by atoms with Crippen molar-refractivity contribution in [2.75, 3.05) is 19.6 Å². The fraction of sp³-hybridized carbons (Fsp3) is 0.467. The highest BCUT2D eigenvalue weighted by molar-refractivity contribution is 5.52. The van der Waals surface area contributed by atoms with E-state index in [1.807, 2.05) is 0 Å². The molecule has 0 aromatic heterocycles. The smallest absolute Gasteiger partial charge is 0.0193 e. The molecule has 1 aliphatic rings. The van der Waals surface area contributed by atoms with Crippen LogP contribution in [0.3, 0.4) is 0 Å². The lowest BCUT2D eigenvalue weighted by molar-refractivity contribution is 0.110. The van der Waals surface area contributed by atoms with Crippen LogP contribution >= 0.6 is 0 Å². The van der Waals surface area contributed by atoms with Crippen LogP contribution in [0.2, 0.25) is 0 Å². The molecule has 0 saturated carbocycles. The van der Waals surface area contributed by atoms with Crippen molar-refractivity contribution < 1.29 is 0 Å². The molecule has 1 saturated heterocycles. The molecule has 1 aromatic rings. The number of hydrogen-bond donors (Lipinski definition) is 0. The molecule has 86 valence electrons. The molecule has 0 radical (unpaired) electrons. The number of benzene rings is 1. The molecule has 1 aromatic carbocycles. The molecule has 0 bridgehead atoms. The molecule has 0 aliphatic carbocycles. The number of hydrogen-bond acceptors (Lipinski definition) is 1. The Morgan fingerprint density at radius 2 is 2.00 bits per heavy atom. The van der Waals surface area contributed by atoms with Crippen LogP contribution in [-0.4, -0.2) is 24.5 Å². The van der Waals surface area contributed by atoms with Crippen molar-refractivity contribution in [3.63, 3.8) is 0 Å². The van der Waals surface area contributed by atoms with Gasteiger partial charge in [0.1, 0.15) is 0 Å². The molecule has 0 amide bonds. The van der Waals surface area contributed by atoms with Crippen LogP contribution in [0.5, 0.6) is 0 Å². The topological polar surface area (TPSA) is 3.24 Å². The van der Waals surface area contributed by atoms with Gasteiger partial charge in [-0.3, -0.25) is 4.90 Å². The summed E-state index contributed by atoms with van der Waals surface area (Å²) in [6.07, 6.45) is 3.62. The minimum Gasteiger partial charge on any atom is -0.299 e. The summed E-state index contributed by atoms with van der Waals surface area (Å²) in [6, 6.07) is 10.6. The Labute approximate surface area is 98.8 Å². The lowest BCUT2D eigenvalue weighted by Crippen LogP contribution is -2.46. The third-order valence-electron chi connectivity index (χ3n) is 3.30. The summed E-state index contributed by atoms with van der Waals surface area (Å²) in [5.74, 6) is 0.949. The Bertz CT molecular complexity index is 347. The SMILES string of the molecule is CCC1CN(C/C(C)=C/c2ccccc2)C1. The second-order valence-electron chi connectivity index (χ2n) is 4.87. The molecule has 1 heterocycles. The molecule has 0 atom stereocenters. The van der Waals surface area contributed by atoms with Gasteiger partial charge < -0.3 is 0 Å². The van der Waals surface area contributed by atoms with E-state index >= 15 is 0 Å². The first kappa shape index (κ1) is 11.4. The summed E-state index contributed by atoms with van der Waals surface area (Å²) in [5.41, 5.74) is 2.77. The van der Waals surface area contributed by atoms with Gasteiger partial charge in [0.25, 0.3) is 0 Å². The van der Waals surface area contributed by atoms with Crippen molar-refractivity contribution in [3.05, 3.63) is 41.5 Å². The van der Waals surface area contributed by atoms with Crippen molar-refractivity contribution in [1.82, 2.24) is 4.90 Å². The summed E-state index contributed by atoms with van der Waals surface area (Å²) >= 11 is 0. The predicted molar refractivity (Wildman–Crippen MR) is 70.3 cm³/mol. The van der Waals surface area contributed by atoms with Crippen LogP contribution in [-0.2, 0) is 0 Å². The Balaban J connectivity index is 1.85. The summed E-state index contributed by atoms with van der Waals surface area (Å²) in [5, 5.41) is 0. The molecule has 2 rings (SSSR count). The Kier molecular flexibility index (Phi) is 3.79. The van der Waals surface area contributed by atoms with Gasteiger partial charge in [0.15, 0.2) is 0 Å². The zero-order valence-corrected chi connectivity index (χ0v) is 10.3. The molecule has 1 nitrogen and oxygen atoms in total. The van der Waals surface area contributed by atoms with Crippen molar-refractivity contribution in [3.8, 4) is 0 Å². The quantitative estimate of drug-likeness (QED) is 0.743. The van der Waals surface area contributed by atoms with Gasteiger partial charge in [-0.25, -0.2) is 0 Å². The molecule has 1 aliphatic heterocycles. The third-order valence-corrected chi connectivity index (χ3v) is 3.30. The maximum Gasteiger partial charge on any atom is 0.0193 e. The molecular formula is C15H21N. The van der Waals surface area contributed by atoms with E-state index in [1.54, 1.807) is 0 Å². The van der Waals surface area contributed by atoms with Gasteiger partial charge >= 0.3 is 0 Å². The van der Waals surface area contributed by atoms with E-state index in [2.05, 4.69) is 55.2 Å². The molecular weight excluding hydrogens is 194 g/mol. The van der Waals surface area contributed by atoms with Crippen LogP contribution in [0.4, 0.5) is 0 Å². The Hall–Kier alpha value is -1.08. The molecule has 1 heteroatoms. The predicted octanol–water partition coefficient (Wildman–Crippen LogP) is 3.43. The fourth-order valence-corrected chi connectivity index (χ4v) is 2.30. The average Bonchev–Trinajstić information content (AvgIpc) is 2.24. The van der Waals surface area contributed by atoms with Crippen molar-refractivity contribution in [2.45, 2.75) is 20.3 Å². The first-order chi connectivity index (χ1) is 7.78. The van der Waals surface area contributed by atoms with Crippen LogP contribution in [0.1, 0.15) is 25.8 Å². The molecule has 1 fully saturated rings. The normalized spacial score (nSPS) is 18.5. The van der Waals surface area contributed by atoms with Crippen molar-refractivity contribution in [1.29, 1.82) is 0 Å². The number of likely N-dealkylation sites (tertiary alicyclic amines) is 1. The largest absolute Gasteiger partial charge is 0.299 e. The van der Waals surface area contributed by atoms with Crippen LogP contribution < -0.4 is 0 Å². The van der Waals surface area contributed by atoms with Gasteiger partial charge in [-0.15, -0.1) is 0 Å². The van der Waals surface area contributed by atoms with E-state index in [-0.39, 0.29) is 0 Å². The second-order valence-corrected chi connectivity index (χ2v) is 4.87. The van der Waals surface area contributed by atoms with Crippen LogP contribution in [0, 0.1) is 5.92 Å². The first-order valence-electron chi connectivity index (χ1n) is 6.22. The van der Waals surface area contributed by atoms with E-state index in [1.165, 1.54) is 30.6 Å². The maximum absolute atomic E-state index is 2.53. The van der Waals surface area contributed by atoms with Gasteiger partial charge in [0.05, 0.1) is 0 Å². The van der Waals surface area contributed by atoms with Crippen molar-refractivity contribution >= 4 is 6.08 Å². The highest BCUT2D eigenvalue weighted by Crippen LogP contribution is 2.20. The maximum atomic E-state index is 2.53. The summed E-state index contributed by atoms with van der Waals surface area (Å²) in [7, 11) is 0. The lowest BCUT2D eigenvalue weighted by atomic mass is 9.96. The van der Waals surface area contributed by atoms with Gasteiger partial charge in [0, 0.05) is 19.6 Å². The molecule has 0 N–H and O–H groups in total. The van der Waals surface area contributed by atoms with Gasteiger partial charge in [-0.05, 0) is 18.4 Å². The molecule has 16 heavy (non-hydrogen) atoms. The number of rotatable bonds is 4. The molecule has 0 unspecified atom stereocenters. The number of nitrogens with zero attached hydrogens (tertiary/aromatic N) is 1. The van der Waals surface area contributed by atoms with E-state index < -0.39 is 0 Å². The third kappa shape index (κ3) is 2.96. The zero-order valence-electron chi connectivity index (χ0n) is 10.3. The van der Waals surface area contributed by atoms with Gasteiger partial charge in [-0.1, -0.05) is 55.3 Å². The first-order valence-corrected chi connectivity index (χ1v) is 6.22. The Morgan fingerprint density at radius 1 is 1.31 bits per heavy atom. The van der Waals surface area contributed by atoms with E-state index in [0.29, 0.717) is 0 Å². The second kappa shape index (κ2) is 5.31. The minimum atomic E-state index is 0.949. The average molecular weight is 215 g/mol. The minimum absolute atomic E-state index is 0.949. The zero-order chi connectivity index (χ0) is 11.4. The monoisotopic (exact) mass is 215 g/mol.